The molecule has 176 valence electrons. The number of epoxide rings is 1. The number of rotatable bonds is 6. The molecule has 0 radical (unpaired) electrons. The van der Waals surface area contributed by atoms with Crippen LogP contribution in [0.2, 0.25) is 0 Å². The van der Waals surface area contributed by atoms with Gasteiger partial charge in [-0.1, -0.05) is 31.6 Å². The van der Waals surface area contributed by atoms with E-state index in [0.29, 0.717) is 12.0 Å². The Morgan fingerprint density at radius 3 is 2.45 bits per heavy atom. The van der Waals surface area contributed by atoms with Crippen molar-refractivity contribution in [3.05, 3.63) is 23.3 Å². The predicted octanol–water partition coefficient (Wildman–Crippen LogP) is 4.35. The fourth-order valence-corrected chi connectivity index (χ4v) is 4.28. The van der Waals surface area contributed by atoms with Crippen molar-refractivity contribution in [3.8, 4) is 0 Å². The Hall–Kier alpha value is -1.66. The maximum absolute atomic E-state index is 12.8. The quantitative estimate of drug-likeness (QED) is 0.288. The minimum atomic E-state index is -0.813. The first kappa shape index (κ1) is 25.6. The molecule has 0 spiro atoms. The molecule has 2 aliphatic rings. The van der Waals surface area contributed by atoms with Crippen LogP contribution in [0.4, 0.5) is 0 Å². The second-order valence-electron chi connectivity index (χ2n) is 9.81. The summed E-state index contributed by atoms with van der Waals surface area (Å²) in [6.07, 6.45) is 4.10. The number of ether oxygens (including phenoxy) is 3. The molecule has 1 N–H and O–H groups in total. The summed E-state index contributed by atoms with van der Waals surface area (Å²) in [7, 11) is 0. The summed E-state index contributed by atoms with van der Waals surface area (Å²) < 4.78 is 18.1. The topological polar surface area (TPSA) is 85.4 Å². The molecule has 0 amide bonds. The van der Waals surface area contributed by atoms with Crippen LogP contribution in [0.25, 0.3) is 0 Å². The SMILES string of the molecule is C/C=C(\C)C(=O)O[C@@H]1C/C(C)=C/CC[C@@]2(C)O[C@@H]2[C@@H](OC(=O)[C@H](C)[C@H](C)O)[C@H]1C(C)C. The largest absolute Gasteiger partial charge is 0.459 e. The first-order valence-electron chi connectivity index (χ1n) is 11.5. The van der Waals surface area contributed by atoms with Crippen molar-refractivity contribution in [3.63, 3.8) is 0 Å². The average molecular weight is 437 g/mol. The van der Waals surface area contributed by atoms with E-state index in [-0.39, 0.29) is 29.5 Å². The molecule has 7 atom stereocenters. The zero-order chi connectivity index (χ0) is 23.5. The van der Waals surface area contributed by atoms with E-state index in [1.165, 1.54) is 0 Å². The van der Waals surface area contributed by atoms with E-state index in [1.807, 2.05) is 13.8 Å². The molecule has 1 heterocycles. The van der Waals surface area contributed by atoms with Crippen LogP contribution in [0.5, 0.6) is 0 Å². The molecule has 2 rings (SSSR count). The zero-order valence-corrected chi connectivity index (χ0v) is 20.3. The third-order valence-corrected chi connectivity index (χ3v) is 6.84. The highest BCUT2D eigenvalue weighted by atomic mass is 16.6. The molecular formula is C25H40O6. The van der Waals surface area contributed by atoms with Gasteiger partial charge >= 0.3 is 11.9 Å². The lowest BCUT2D eigenvalue weighted by atomic mass is 9.78. The van der Waals surface area contributed by atoms with Gasteiger partial charge in [0.15, 0.2) is 0 Å². The van der Waals surface area contributed by atoms with E-state index in [9.17, 15) is 14.7 Å². The van der Waals surface area contributed by atoms with Crippen molar-refractivity contribution in [2.45, 2.75) is 105 Å². The summed E-state index contributed by atoms with van der Waals surface area (Å²) in [5, 5.41) is 9.88. The maximum atomic E-state index is 12.8. The maximum Gasteiger partial charge on any atom is 0.333 e. The Kier molecular flexibility index (Phi) is 8.51. The Bertz CT molecular complexity index is 722. The molecule has 0 saturated carbocycles. The van der Waals surface area contributed by atoms with Crippen molar-refractivity contribution in [2.75, 3.05) is 0 Å². The van der Waals surface area contributed by atoms with Crippen molar-refractivity contribution in [1.29, 1.82) is 0 Å². The van der Waals surface area contributed by atoms with Crippen LogP contribution < -0.4 is 0 Å². The van der Waals surface area contributed by atoms with Gasteiger partial charge in [0.25, 0.3) is 0 Å². The number of carbonyl (C=O) groups is 2. The molecule has 0 aromatic heterocycles. The second-order valence-corrected chi connectivity index (χ2v) is 9.81. The van der Waals surface area contributed by atoms with Gasteiger partial charge in [-0.25, -0.2) is 4.79 Å². The summed E-state index contributed by atoms with van der Waals surface area (Å²) in [5.74, 6) is -1.63. The molecule has 0 unspecified atom stereocenters. The predicted molar refractivity (Wildman–Crippen MR) is 119 cm³/mol. The number of carbonyl (C=O) groups excluding carboxylic acids is 2. The molecule has 1 aliphatic heterocycles. The summed E-state index contributed by atoms with van der Waals surface area (Å²) in [4.78, 5) is 25.5. The summed E-state index contributed by atoms with van der Waals surface area (Å²) in [6, 6.07) is 0. The van der Waals surface area contributed by atoms with E-state index in [4.69, 9.17) is 14.2 Å². The number of aliphatic hydroxyl groups excluding tert-OH is 1. The lowest BCUT2D eigenvalue weighted by molar-refractivity contribution is -0.169. The van der Waals surface area contributed by atoms with Crippen LogP contribution in [0, 0.1) is 17.8 Å². The van der Waals surface area contributed by atoms with Gasteiger partial charge in [0.2, 0.25) is 0 Å². The molecule has 1 aliphatic carbocycles. The smallest absolute Gasteiger partial charge is 0.333 e. The lowest BCUT2D eigenvalue weighted by Gasteiger charge is -2.36. The third kappa shape index (κ3) is 6.19. The third-order valence-electron chi connectivity index (χ3n) is 6.84. The van der Waals surface area contributed by atoms with Crippen LogP contribution in [0.1, 0.15) is 74.7 Å². The summed E-state index contributed by atoms with van der Waals surface area (Å²) in [6.45, 7) is 15.0. The van der Waals surface area contributed by atoms with E-state index >= 15 is 0 Å². The highest BCUT2D eigenvalue weighted by Gasteiger charge is 2.60. The molecule has 0 aromatic rings. The van der Waals surface area contributed by atoms with Crippen LogP contribution in [-0.2, 0) is 23.8 Å². The first-order chi connectivity index (χ1) is 14.4. The number of esters is 2. The van der Waals surface area contributed by atoms with Gasteiger partial charge in [0.05, 0.1) is 17.6 Å². The molecule has 0 bridgehead atoms. The number of fused-ring (bicyclic) bond motifs is 1. The Labute approximate surface area is 187 Å². The van der Waals surface area contributed by atoms with E-state index in [2.05, 4.69) is 19.9 Å². The normalized spacial score (nSPS) is 35.3. The van der Waals surface area contributed by atoms with Gasteiger partial charge in [-0.15, -0.1) is 0 Å². The first-order valence-corrected chi connectivity index (χ1v) is 11.5. The van der Waals surface area contributed by atoms with Crippen LogP contribution in [0.15, 0.2) is 23.3 Å². The van der Waals surface area contributed by atoms with E-state index in [1.54, 1.807) is 33.8 Å². The Morgan fingerprint density at radius 2 is 1.90 bits per heavy atom. The van der Waals surface area contributed by atoms with Gasteiger partial charge in [0, 0.05) is 17.9 Å². The molecular weight excluding hydrogens is 396 g/mol. The zero-order valence-electron chi connectivity index (χ0n) is 20.3. The lowest BCUT2D eigenvalue weighted by Crippen LogP contribution is -2.46. The fraction of sp³-hybridized carbons (Fsp3) is 0.760. The van der Waals surface area contributed by atoms with Gasteiger partial charge < -0.3 is 19.3 Å². The molecule has 0 aromatic carbocycles. The second kappa shape index (κ2) is 10.3. The minimum Gasteiger partial charge on any atom is -0.459 e. The molecule has 6 heteroatoms. The van der Waals surface area contributed by atoms with E-state index in [0.717, 1.165) is 18.4 Å². The van der Waals surface area contributed by atoms with E-state index < -0.39 is 30.2 Å². The molecule has 1 fully saturated rings. The summed E-state index contributed by atoms with van der Waals surface area (Å²) >= 11 is 0. The van der Waals surface area contributed by atoms with Crippen molar-refractivity contribution >= 4 is 11.9 Å². The van der Waals surface area contributed by atoms with Crippen molar-refractivity contribution < 1.29 is 28.9 Å². The number of aliphatic hydroxyl groups is 1. The number of allylic oxidation sites excluding steroid dienone is 2. The van der Waals surface area contributed by atoms with Crippen LogP contribution >= 0.6 is 0 Å². The highest BCUT2D eigenvalue weighted by molar-refractivity contribution is 5.87. The van der Waals surface area contributed by atoms with Crippen LogP contribution in [0.3, 0.4) is 0 Å². The summed E-state index contributed by atoms with van der Waals surface area (Å²) in [5.41, 5.74) is 1.31. The van der Waals surface area contributed by atoms with Crippen LogP contribution in [-0.4, -0.2) is 47.1 Å². The standard InChI is InChI=1S/C25H40O6/c1-9-16(5)23(27)29-19-13-15(4)11-10-12-25(8)22(31-25)21(20(19)14(2)3)30-24(28)17(6)18(7)26/h9,11,14,17-22,26H,10,12-13H2,1-8H3/b15-11+,16-9+/t17-,18+,19-,20+,21+,22-,25-/m1/s1. The molecule has 6 nitrogen and oxygen atoms in total. The molecule has 1 saturated heterocycles. The fourth-order valence-electron chi connectivity index (χ4n) is 4.28. The minimum absolute atomic E-state index is 0.0732. The highest BCUT2D eigenvalue weighted by Crippen LogP contribution is 2.48. The monoisotopic (exact) mass is 436 g/mol. The Balaban J connectivity index is 2.45. The van der Waals surface area contributed by atoms with Gasteiger partial charge in [-0.2, -0.15) is 0 Å². The average Bonchev–Trinajstić information content (AvgIpc) is 3.35. The van der Waals surface area contributed by atoms with Gasteiger partial charge in [-0.3, -0.25) is 4.79 Å². The van der Waals surface area contributed by atoms with Crippen molar-refractivity contribution in [2.24, 2.45) is 17.8 Å². The number of hydrogen-bond acceptors (Lipinski definition) is 6. The molecule has 31 heavy (non-hydrogen) atoms. The Morgan fingerprint density at radius 1 is 1.26 bits per heavy atom. The number of hydrogen-bond donors (Lipinski definition) is 1. The van der Waals surface area contributed by atoms with Crippen molar-refractivity contribution in [1.82, 2.24) is 0 Å². The van der Waals surface area contributed by atoms with Gasteiger partial charge in [0.1, 0.15) is 18.3 Å². The van der Waals surface area contributed by atoms with Gasteiger partial charge in [-0.05, 0) is 60.3 Å².